The predicted molar refractivity (Wildman–Crippen MR) is 72.4 cm³/mol. The Morgan fingerprint density at radius 1 is 0.933 bits per heavy atom. The summed E-state index contributed by atoms with van der Waals surface area (Å²) in [6, 6.07) is 7.64. The molecule has 0 saturated heterocycles. The maximum Gasteiger partial charge on any atom is 0.150 e. The van der Waals surface area contributed by atoms with Gasteiger partial charge >= 0.3 is 0 Å². The molecular formula is C11H5Br3O. The fraction of sp³-hybridized carbons (Fsp3) is 0. The third-order valence-electron chi connectivity index (χ3n) is 2.08. The molecule has 0 fully saturated rings. The first-order valence-electron chi connectivity index (χ1n) is 4.15. The van der Waals surface area contributed by atoms with Crippen LogP contribution in [-0.2, 0) is 0 Å². The SMILES string of the molecule is O=Cc1cc(Br)c2c(Br)cc(Br)cc2c1. The average molecular weight is 393 g/mol. The average Bonchev–Trinajstić information content (AvgIpc) is 2.15. The van der Waals surface area contributed by atoms with E-state index in [9.17, 15) is 4.79 Å². The Bertz CT molecular complexity index is 549. The fourth-order valence-electron chi connectivity index (χ4n) is 1.47. The van der Waals surface area contributed by atoms with Crippen molar-refractivity contribution in [2.45, 2.75) is 0 Å². The van der Waals surface area contributed by atoms with E-state index in [0.717, 1.165) is 30.5 Å². The van der Waals surface area contributed by atoms with E-state index in [4.69, 9.17) is 0 Å². The molecule has 15 heavy (non-hydrogen) atoms. The van der Waals surface area contributed by atoms with Crippen LogP contribution in [0.2, 0.25) is 0 Å². The Morgan fingerprint density at radius 2 is 1.60 bits per heavy atom. The van der Waals surface area contributed by atoms with Gasteiger partial charge in [0.15, 0.2) is 0 Å². The molecular weight excluding hydrogens is 388 g/mol. The zero-order valence-electron chi connectivity index (χ0n) is 7.43. The number of hydrogen-bond acceptors (Lipinski definition) is 1. The maximum absolute atomic E-state index is 10.7. The van der Waals surface area contributed by atoms with E-state index in [1.807, 2.05) is 24.3 Å². The molecule has 0 radical (unpaired) electrons. The molecule has 0 spiro atoms. The van der Waals surface area contributed by atoms with E-state index < -0.39 is 0 Å². The highest BCUT2D eigenvalue weighted by molar-refractivity contribution is 9.11. The van der Waals surface area contributed by atoms with Gasteiger partial charge in [0.05, 0.1) is 0 Å². The van der Waals surface area contributed by atoms with Crippen LogP contribution in [0.3, 0.4) is 0 Å². The van der Waals surface area contributed by atoms with Gasteiger partial charge in [0.2, 0.25) is 0 Å². The fourth-order valence-corrected chi connectivity index (χ4v) is 3.91. The first-order valence-corrected chi connectivity index (χ1v) is 6.53. The van der Waals surface area contributed by atoms with E-state index in [0.29, 0.717) is 5.56 Å². The van der Waals surface area contributed by atoms with E-state index >= 15 is 0 Å². The van der Waals surface area contributed by atoms with Crippen LogP contribution in [0.1, 0.15) is 10.4 Å². The summed E-state index contributed by atoms with van der Waals surface area (Å²) < 4.78 is 2.90. The maximum atomic E-state index is 10.7. The monoisotopic (exact) mass is 390 g/mol. The molecule has 1 nitrogen and oxygen atoms in total. The van der Waals surface area contributed by atoms with Crippen molar-refractivity contribution in [1.29, 1.82) is 0 Å². The summed E-state index contributed by atoms with van der Waals surface area (Å²) in [6.07, 6.45) is 0.846. The van der Waals surface area contributed by atoms with Crippen LogP contribution in [-0.4, -0.2) is 6.29 Å². The number of fused-ring (bicyclic) bond motifs is 1. The summed E-state index contributed by atoms with van der Waals surface area (Å²) in [5, 5.41) is 2.09. The molecule has 4 heteroatoms. The Labute approximate surface area is 112 Å². The van der Waals surface area contributed by atoms with Crippen molar-refractivity contribution in [1.82, 2.24) is 0 Å². The van der Waals surface area contributed by atoms with Crippen molar-refractivity contribution in [3.8, 4) is 0 Å². The molecule has 0 amide bonds. The number of hydrogen-bond donors (Lipinski definition) is 0. The minimum absolute atomic E-state index is 0.666. The van der Waals surface area contributed by atoms with Crippen molar-refractivity contribution in [3.63, 3.8) is 0 Å². The van der Waals surface area contributed by atoms with E-state index in [1.54, 1.807) is 0 Å². The molecule has 2 aromatic carbocycles. The molecule has 0 N–H and O–H groups in total. The molecule has 0 aliphatic heterocycles. The molecule has 76 valence electrons. The van der Waals surface area contributed by atoms with Crippen molar-refractivity contribution < 1.29 is 4.79 Å². The number of carbonyl (C=O) groups is 1. The number of benzene rings is 2. The quantitative estimate of drug-likeness (QED) is 0.628. The summed E-state index contributed by atoms with van der Waals surface area (Å²) >= 11 is 10.4. The van der Waals surface area contributed by atoms with Gasteiger partial charge in [0.25, 0.3) is 0 Å². The van der Waals surface area contributed by atoms with Gasteiger partial charge in [-0.1, -0.05) is 47.8 Å². The highest BCUT2D eigenvalue weighted by Gasteiger charge is 2.06. The van der Waals surface area contributed by atoms with Crippen LogP contribution in [0.4, 0.5) is 0 Å². The Balaban J connectivity index is 2.91. The number of aldehydes is 1. The lowest BCUT2D eigenvalue weighted by Gasteiger charge is -2.05. The molecule has 0 bridgehead atoms. The molecule has 0 saturated carbocycles. The Morgan fingerprint density at radius 3 is 2.27 bits per heavy atom. The zero-order valence-corrected chi connectivity index (χ0v) is 12.2. The highest BCUT2D eigenvalue weighted by Crippen LogP contribution is 2.34. The van der Waals surface area contributed by atoms with Gasteiger partial charge in [-0.2, -0.15) is 0 Å². The number of rotatable bonds is 1. The molecule has 0 heterocycles. The van der Waals surface area contributed by atoms with Gasteiger partial charge in [0, 0.05) is 24.4 Å². The largest absolute Gasteiger partial charge is 0.298 e. The smallest absolute Gasteiger partial charge is 0.150 e. The van der Waals surface area contributed by atoms with Crippen molar-refractivity contribution in [2.75, 3.05) is 0 Å². The summed E-state index contributed by atoms with van der Waals surface area (Å²) in [7, 11) is 0. The molecule has 0 unspecified atom stereocenters. The highest BCUT2D eigenvalue weighted by atomic mass is 79.9. The summed E-state index contributed by atoms with van der Waals surface area (Å²) in [6.45, 7) is 0. The molecule has 2 rings (SSSR count). The standard InChI is InChI=1S/C11H5Br3O/c12-8-3-7-1-6(5-15)2-9(13)11(7)10(14)4-8/h1-5H. The molecule has 0 atom stereocenters. The van der Waals surface area contributed by atoms with E-state index in [-0.39, 0.29) is 0 Å². The zero-order chi connectivity index (χ0) is 11.0. The Kier molecular flexibility index (Phi) is 3.28. The first-order chi connectivity index (χ1) is 7.11. The second kappa shape index (κ2) is 4.36. The van der Waals surface area contributed by atoms with Crippen molar-refractivity contribution in [2.24, 2.45) is 0 Å². The number of halogens is 3. The van der Waals surface area contributed by atoms with Crippen molar-refractivity contribution >= 4 is 64.8 Å². The lowest BCUT2D eigenvalue weighted by atomic mass is 10.1. The van der Waals surface area contributed by atoms with Gasteiger partial charge < -0.3 is 0 Å². The topological polar surface area (TPSA) is 17.1 Å². The van der Waals surface area contributed by atoms with Crippen LogP contribution >= 0.6 is 47.8 Å². The molecule has 0 aliphatic carbocycles. The normalized spacial score (nSPS) is 10.6. The molecule has 2 aromatic rings. The van der Waals surface area contributed by atoms with Crippen LogP contribution in [0.15, 0.2) is 37.7 Å². The third kappa shape index (κ3) is 2.17. The first kappa shape index (κ1) is 11.3. The lowest BCUT2D eigenvalue weighted by Crippen LogP contribution is -1.84. The summed E-state index contributed by atoms with van der Waals surface area (Å²) in [5.41, 5.74) is 0.666. The lowest BCUT2D eigenvalue weighted by molar-refractivity contribution is 0.112. The molecule has 0 aliphatic rings. The van der Waals surface area contributed by atoms with E-state index in [2.05, 4.69) is 47.8 Å². The minimum Gasteiger partial charge on any atom is -0.298 e. The molecule has 0 aromatic heterocycles. The van der Waals surface area contributed by atoms with Gasteiger partial charge in [-0.15, -0.1) is 0 Å². The minimum atomic E-state index is 0.666. The number of carbonyl (C=O) groups excluding carboxylic acids is 1. The van der Waals surface area contributed by atoms with Crippen LogP contribution < -0.4 is 0 Å². The van der Waals surface area contributed by atoms with Crippen LogP contribution in [0.25, 0.3) is 10.8 Å². The summed E-state index contributed by atoms with van der Waals surface area (Å²) in [4.78, 5) is 10.7. The van der Waals surface area contributed by atoms with Gasteiger partial charge in [-0.3, -0.25) is 4.79 Å². The second-order valence-electron chi connectivity index (χ2n) is 3.11. The van der Waals surface area contributed by atoms with Gasteiger partial charge in [-0.05, 0) is 29.7 Å². The van der Waals surface area contributed by atoms with Crippen LogP contribution in [0, 0.1) is 0 Å². The van der Waals surface area contributed by atoms with E-state index in [1.165, 1.54) is 0 Å². The Hall–Kier alpha value is -0.190. The second-order valence-corrected chi connectivity index (χ2v) is 5.73. The van der Waals surface area contributed by atoms with Crippen molar-refractivity contribution in [3.05, 3.63) is 43.2 Å². The van der Waals surface area contributed by atoms with Crippen LogP contribution in [0.5, 0.6) is 0 Å². The summed E-state index contributed by atoms with van der Waals surface area (Å²) in [5.74, 6) is 0. The third-order valence-corrected chi connectivity index (χ3v) is 3.78. The predicted octanol–water partition coefficient (Wildman–Crippen LogP) is 4.94. The van der Waals surface area contributed by atoms with Gasteiger partial charge in [-0.25, -0.2) is 0 Å². The van der Waals surface area contributed by atoms with Gasteiger partial charge in [0.1, 0.15) is 6.29 Å².